The van der Waals surface area contributed by atoms with E-state index in [9.17, 15) is 0 Å². The molecule has 0 amide bonds. The zero-order valence-electron chi connectivity index (χ0n) is 14.1. The summed E-state index contributed by atoms with van der Waals surface area (Å²) in [6.45, 7) is 6.44. The van der Waals surface area contributed by atoms with Gasteiger partial charge in [-0.1, -0.05) is 53.1 Å². The molecule has 0 heterocycles. The zero-order valence-corrected chi connectivity index (χ0v) is 18.0. The molecule has 0 saturated carbocycles. The van der Waals surface area contributed by atoms with Crippen LogP contribution in [0.2, 0.25) is 0 Å². The van der Waals surface area contributed by atoms with Gasteiger partial charge >= 0.3 is 29.2 Å². The van der Waals surface area contributed by atoms with E-state index in [2.05, 4.69) is 103 Å². The van der Waals surface area contributed by atoms with Crippen LogP contribution in [0, 0.1) is 20.8 Å². The maximum absolute atomic E-state index is 4.58. The second-order valence-electron chi connectivity index (χ2n) is 5.97. The summed E-state index contributed by atoms with van der Waals surface area (Å²) in [6.07, 6.45) is 0. The molecular formula is C21H22AuClP+. The topological polar surface area (TPSA) is 0 Å². The van der Waals surface area contributed by atoms with E-state index in [4.69, 9.17) is 0 Å². The Bertz CT molecular complexity index is 641. The summed E-state index contributed by atoms with van der Waals surface area (Å²) < 4.78 is 0. The van der Waals surface area contributed by atoms with E-state index in [1.165, 1.54) is 32.6 Å². The summed E-state index contributed by atoms with van der Waals surface area (Å²) in [7, 11) is 3.66. The van der Waals surface area contributed by atoms with Crippen LogP contribution in [0.1, 0.15) is 16.7 Å². The van der Waals surface area contributed by atoms with Gasteiger partial charge in [0.15, 0.2) is 0 Å². The van der Waals surface area contributed by atoms with Gasteiger partial charge in [0.05, 0.1) is 7.92 Å². The van der Waals surface area contributed by atoms with Gasteiger partial charge in [0.2, 0.25) is 0 Å². The molecule has 0 unspecified atom stereocenters. The third kappa shape index (κ3) is 5.06. The minimum absolute atomic E-state index is 0.927. The Hall–Kier alpha value is -0.880. The van der Waals surface area contributed by atoms with Crippen LogP contribution >= 0.6 is 17.1 Å². The molecule has 3 rings (SSSR count). The van der Waals surface area contributed by atoms with Crippen molar-refractivity contribution in [2.75, 3.05) is 0 Å². The van der Waals surface area contributed by atoms with E-state index in [0.717, 1.165) is 0 Å². The van der Waals surface area contributed by atoms with Crippen LogP contribution in [-0.4, -0.2) is 0 Å². The standard InChI is InChI=1S/C21H21P.Au.ClH/c1-16-4-10-19(11-5-16)22(20-12-6-17(2)7-13-20)21-14-8-18(3)9-15-21;;/h4-15H,1-3H3;;1H/q;+1;. The molecule has 0 spiro atoms. The molecule has 0 fully saturated rings. The van der Waals surface area contributed by atoms with Gasteiger partial charge in [-0.2, -0.15) is 0 Å². The molecule has 0 aromatic heterocycles. The molecule has 3 aromatic rings. The van der Waals surface area contributed by atoms with E-state index in [-0.39, 0.29) is 0 Å². The van der Waals surface area contributed by atoms with Crippen LogP contribution in [0.3, 0.4) is 0 Å². The first kappa shape index (κ1) is 19.4. The molecule has 24 heavy (non-hydrogen) atoms. The number of rotatable bonds is 3. The summed E-state index contributed by atoms with van der Waals surface area (Å²) in [5.41, 5.74) is 3.95. The van der Waals surface area contributed by atoms with Gasteiger partial charge in [-0.05, 0) is 57.2 Å². The van der Waals surface area contributed by atoms with Gasteiger partial charge in [-0.15, -0.1) is 0 Å². The molecule has 0 radical (unpaired) electrons. The molecule has 0 aliphatic rings. The van der Waals surface area contributed by atoms with Crippen LogP contribution in [-0.2, 0) is 20.0 Å². The number of hydrogen-bond acceptors (Lipinski definition) is 0. The van der Waals surface area contributed by atoms with Gasteiger partial charge in [0, 0.05) is 0 Å². The molecule has 0 atom stereocenters. The number of halogens is 1. The summed E-state index contributed by atoms with van der Waals surface area (Å²) in [6, 6.07) is 27.1. The average Bonchev–Trinajstić information content (AvgIpc) is 2.62. The van der Waals surface area contributed by atoms with Crippen molar-refractivity contribution in [3.05, 3.63) is 89.5 Å². The van der Waals surface area contributed by atoms with Crippen LogP contribution in [0.4, 0.5) is 0 Å². The number of aryl methyl sites for hydroxylation is 3. The van der Waals surface area contributed by atoms with E-state index in [1.807, 2.05) is 0 Å². The third-order valence-electron chi connectivity index (χ3n) is 4.02. The maximum atomic E-state index is 4.58. The molecule has 0 saturated heterocycles. The average molecular weight is 538 g/mol. The van der Waals surface area contributed by atoms with Crippen LogP contribution in [0.25, 0.3) is 0 Å². The fraction of sp³-hybridized carbons (Fsp3) is 0.143. The molecule has 3 aromatic carbocycles. The first-order valence-electron chi connectivity index (χ1n) is 7.83. The molecule has 0 aliphatic carbocycles. The third-order valence-corrected chi connectivity index (χ3v) is 6.75. The molecule has 0 N–H and O–H groups in total. The Morgan fingerprint density at radius 2 is 0.708 bits per heavy atom. The first-order chi connectivity index (χ1) is 11.6. The normalized spacial score (nSPS) is 10.3. The molecule has 128 valence electrons. The van der Waals surface area contributed by atoms with Crippen molar-refractivity contribution in [1.82, 2.24) is 0 Å². The fourth-order valence-electron chi connectivity index (χ4n) is 2.66. The Labute approximate surface area is 162 Å². The summed E-state index contributed by atoms with van der Waals surface area (Å²) in [5.74, 6) is 0. The fourth-order valence-corrected chi connectivity index (χ4v) is 5.16. The number of hydrogen-bond donors (Lipinski definition) is 0. The van der Waals surface area contributed by atoms with Crippen molar-refractivity contribution in [2.24, 2.45) is 0 Å². The van der Waals surface area contributed by atoms with Gasteiger partial charge in [-0.3, -0.25) is 0 Å². The summed E-state index contributed by atoms with van der Waals surface area (Å²) in [4.78, 5) is 0. The van der Waals surface area contributed by atoms with Crippen LogP contribution in [0.5, 0.6) is 0 Å². The van der Waals surface area contributed by atoms with Gasteiger partial charge in [0.1, 0.15) is 15.9 Å². The Morgan fingerprint density at radius 3 is 0.917 bits per heavy atom. The van der Waals surface area contributed by atoms with E-state index in [1.54, 1.807) is 20.0 Å². The van der Waals surface area contributed by atoms with E-state index < -0.39 is 7.92 Å². The first-order valence-corrected chi connectivity index (χ1v) is 12.0. The Kier molecular flexibility index (Phi) is 7.75. The predicted molar refractivity (Wildman–Crippen MR) is 107 cm³/mol. The SMILES string of the molecule is Cc1ccc([PH+](c2ccc(C)cc2)c2ccc(C)cc2)cc1.[Cl][Au]. The van der Waals surface area contributed by atoms with Crippen molar-refractivity contribution in [3.63, 3.8) is 0 Å². The predicted octanol–water partition coefficient (Wildman–Crippen LogP) is 4.79. The van der Waals surface area contributed by atoms with Crippen LogP contribution < -0.4 is 15.9 Å². The second-order valence-corrected chi connectivity index (χ2v) is 8.46. The number of benzene rings is 3. The van der Waals surface area contributed by atoms with Crippen molar-refractivity contribution in [2.45, 2.75) is 20.8 Å². The van der Waals surface area contributed by atoms with Gasteiger partial charge in [0.25, 0.3) is 0 Å². The van der Waals surface area contributed by atoms with Crippen molar-refractivity contribution in [1.29, 1.82) is 0 Å². The molecular weight excluding hydrogens is 516 g/mol. The quantitative estimate of drug-likeness (QED) is 0.333. The zero-order chi connectivity index (χ0) is 17.5. The Balaban J connectivity index is 0.00000100. The van der Waals surface area contributed by atoms with Gasteiger partial charge in [-0.25, -0.2) is 0 Å². The molecule has 0 aliphatic heterocycles. The van der Waals surface area contributed by atoms with Crippen LogP contribution in [0.15, 0.2) is 72.8 Å². The second kappa shape index (κ2) is 9.56. The van der Waals surface area contributed by atoms with E-state index >= 15 is 0 Å². The molecule has 0 bridgehead atoms. The summed E-state index contributed by atoms with van der Waals surface area (Å²) >= 11 is 1.75. The van der Waals surface area contributed by atoms with Crippen molar-refractivity contribution >= 4 is 33.0 Å². The monoisotopic (exact) mass is 537 g/mol. The Morgan fingerprint density at radius 1 is 0.500 bits per heavy atom. The molecule has 3 heteroatoms. The van der Waals surface area contributed by atoms with Gasteiger partial charge < -0.3 is 0 Å². The van der Waals surface area contributed by atoms with E-state index in [0.29, 0.717) is 0 Å². The van der Waals surface area contributed by atoms with Crippen molar-refractivity contribution in [3.8, 4) is 0 Å². The molecule has 0 nitrogen and oxygen atoms in total. The van der Waals surface area contributed by atoms with Crippen molar-refractivity contribution < 1.29 is 20.0 Å². The minimum atomic E-state index is -0.927. The summed E-state index contributed by atoms with van der Waals surface area (Å²) in [5, 5.41) is 4.34.